The summed E-state index contributed by atoms with van der Waals surface area (Å²) in [6.07, 6.45) is 0. The van der Waals surface area contributed by atoms with Crippen molar-refractivity contribution in [3.8, 4) is 22.9 Å². The van der Waals surface area contributed by atoms with E-state index in [-0.39, 0.29) is 0 Å². The van der Waals surface area contributed by atoms with Crippen molar-refractivity contribution in [2.75, 3.05) is 0 Å². The highest BCUT2D eigenvalue weighted by molar-refractivity contribution is 6.30. The summed E-state index contributed by atoms with van der Waals surface area (Å²) < 4.78 is 5.97. The lowest BCUT2D eigenvalue weighted by molar-refractivity contribution is 0.463. The smallest absolute Gasteiger partial charge is 0.245 e. The minimum Gasteiger partial charge on any atom is -0.437 e. The standard InChI is InChI=1S/C17H15ClN2O/c1-11-5-3-4-6-15(11)21-17-16(19-12(2)20-17)13-7-9-14(18)10-8-13/h3-10H,1-2H3,(H,19,20). The number of hydrogen-bond acceptors (Lipinski definition) is 2. The number of ether oxygens (including phenoxy) is 1. The Morgan fingerprint density at radius 3 is 2.43 bits per heavy atom. The molecule has 0 bridgehead atoms. The second kappa shape index (κ2) is 5.62. The summed E-state index contributed by atoms with van der Waals surface area (Å²) >= 11 is 5.94. The van der Waals surface area contributed by atoms with Crippen LogP contribution in [0.2, 0.25) is 5.02 Å². The van der Waals surface area contributed by atoms with Crippen LogP contribution in [-0.4, -0.2) is 9.97 Å². The van der Waals surface area contributed by atoms with Crippen molar-refractivity contribution in [3.05, 3.63) is 64.9 Å². The van der Waals surface area contributed by atoms with Gasteiger partial charge < -0.3 is 9.72 Å². The molecular weight excluding hydrogens is 284 g/mol. The van der Waals surface area contributed by atoms with Crippen molar-refractivity contribution in [3.63, 3.8) is 0 Å². The lowest BCUT2D eigenvalue weighted by Crippen LogP contribution is -1.89. The Hall–Kier alpha value is -2.26. The van der Waals surface area contributed by atoms with Crippen LogP contribution in [0.3, 0.4) is 0 Å². The fourth-order valence-corrected chi connectivity index (χ4v) is 2.26. The third-order valence-corrected chi connectivity index (χ3v) is 3.47. The summed E-state index contributed by atoms with van der Waals surface area (Å²) in [5.74, 6) is 2.19. The van der Waals surface area contributed by atoms with Gasteiger partial charge in [-0.3, -0.25) is 0 Å². The van der Waals surface area contributed by atoms with E-state index in [1.807, 2.05) is 62.4 Å². The molecule has 0 aliphatic carbocycles. The molecule has 3 aromatic rings. The molecular formula is C17H15ClN2O. The number of imidazole rings is 1. The highest BCUT2D eigenvalue weighted by atomic mass is 35.5. The van der Waals surface area contributed by atoms with Gasteiger partial charge in [0, 0.05) is 10.6 Å². The first-order valence-corrected chi connectivity index (χ1v) is 7.07. The van der Waals surface area contributed by atoms with Crippen LogP contribution in [0.15, 0.2) is 48.5 Å². The Bertz CT molecular complexity index is 763. The number of aromatic nitrogens is 2. The average Bonchev–Trinajstić information content (AvgIpc) is 2.83. The molecule has 0 saturated carbocycles. The van der Waals surface area contributed by atoms with Crippen LogP contribution in [0.4, 0.5) is 0 Å². The van der Waals surface area contributed by atoms with Crippen molar-refractivity contribution >= 4 is 11.6 Å². The summed E-state index contributed by atoms with van der Waals surface area (Å²) in [4.78, 5) is 7.68. The maximum Gasteiger partial charge on any atom is 0.245 e. The van der Waals surface area contributed by atoms with Gasteiger partial charge in [-0.05, 0) is 37.6 Å². The summed E-state index contributed by atoms with van der Waals surface area (Å²) in [5.41, 5.74) is 2.91. The summed E-state index contributed by atoms with van der Waals surface area (Å²) in [6, 6.07) is 15.5. The van der Waals surface area contributed by atoms with Crippen LogP contribution in [0.5, 0.6) is 11.6 Å². The van der Waals surface area contributed by atoms with E-state index in [0.717, 1.165) is 28.4 Å². The first kappa shape index (κ1) is 13.7. The zero-order valence-corrected chi connectivity index (χ0v) is 12.6. The number of rotatable bonds is 3. The van der Waals surface area contributed by atoms with E-state index in [2.05, 4.69) is 9.97 Å². The van der Waals surface area contributed by atoms with Gasteiger partial charge in [-0.15, -0.1) is 0 Å². The monoisotopic (exact) mass is 298 g/mol. The summed E-state index contributed by atoms with van der Waals surface area (Å²) in [7, 11) is 0. The van der Waals surface area contributed by atoms with Gasteiger partial charge in [0.1, 0.15) is 17.3 Å². The number of aromatic amines is 1. The predicted molar refractivity (Wildman–Crippen MR) is 85.0 cm³/mol. The lowest BCUT2D eigenvalue weighted by atomic mass is 10.1. The van der Waals surface area contributed by atoms with Gasteiger partial charge in [-0.2, -0.15) is 4.98 Å². The Labute approximate surface area is 128 Å². The van der Waals surface area contributed by atoms with Gasteiger partial charge in [-0.25, -0.2) is 0 Å². The van der Waals surface area contributed by atoms with Crippen molar-refractivity contribution in [2.45, 2.75) is 13.8 Å². The molecule has 0 saturated heterocycles. The Balaban J connectivity index is 2.00. The number of nitrogens with zero attached hydrogens (tertiary/aromatic N) is 1. The number of H-pyrrole nitrogens is 1. The van der Waals surface area contributed by atoms with Crippen LogP contribution in [-0.2, 0) is 0 Å². The molecule has 4 heteroatoms. The van der Waals surface area contributed by atoms with Crippen LogP contribution < -0.4 is 4.74 Å². The average molecular weight is 299 g/mol. The summed E-state index contributed by atoms with van der Waals surface area (Å²) in [5, 5.41) is 0.705. The van der Waals surface area contributed by atoms with Crippen LogP contribution in [0.1, 0.15) is 11.4 Å². The van der Waals surface area contributed by atoms with Gasteiger partial charge in [0.25, 0.3) is 0 Å². The first-order valence-electron chi connectivity index (χ1n) is 6.69. The van der Waals surface area contributed by atoms with Gasteiger partial charge in [0.2, 0.25) is 5.88 Å². The number of hydrogen-bond donors (Lipinski definition) is 1. The lowest BCUT2D eigenvalue weighted by Gasteiger charge is -2.08. The van der Waals surface area contributed by atoms with E-state index in [1.54, 1.807) is 0 Å². The molecule has 0 radical (unpaired) electrons. The van der Waals surface area contributed by atoms with Crippen molar-refractivity contribution < 1.29 is 4.74 Å². The largest absolute Gasteiger partial charge is 0.437 e. The number of aryl methyl sites for hydroxylation is 2. The minimum absolute atomic E-state index is 0.573. The molecule has 0 fully saturated rings. The molecule has 3 rings (SSSR count). The molecule has 2 aromatic carbocycles. The molecule has 3 nitrogen and oxygen atoms in total. The maximum atomic E-state index is 5.97. The third-order valence-electron chi connectivity index (χ3n) is 3.22. The number of para-hydroxylation sites is 1. The molecule has 21 heavy (non-hydrogen) atoms. The number of halogens is 1. The van der Waals surface area contributed by atoms with Gasteiger partial charge in [0.05, 0.1) is 0 Å². The Morgan fingerprint density at radius 1 is 1.00 bits per heavy atom. The van der Waals surface area contributed by atoms with E-state index in [9.17, 15) is 0 Å². The fourth-order valence-electron chi connectivity index (χ4n) is 2.13. The van der Waals surface area contributed by atoms with E-state index in [0.29, 0.717) is 10.9 Å². The topological polar surface area (TPSA) is 37.9 Å². The second-order valence-electron chi connectivity index (χ2n) is 4.88. The zero-order valence-electron chi connectivity index (χ0n) is 11.9. The molecule has 0 unspecified atom stereocenters. The Kier molecular flexibility index (Phi) is 3.67. The number of nitrogens with one attached hydrogen (secondary N) is 1. The van der Waals surface area contributed by atoms with Crippen LogP contribution >= 0.6 is 11.6 Å². The van der Waals surface area contributed by atoms with Crippen LogP contribution in [0.25, 0.3) is 11.3 Å². The quantitative estimate of drug-likeness (QED) is 0.727. The predicted octanol–water partition coefficient (Wildman–Crippen LogP) is 5.14. The highest BCUT2D eigenvalue weighted by Gasteiger charge is 2.13. The molecule has 0 spiro atoms. The fraction of sp³-hybridized carbons (Fsp3) is 0.118. The number of benzene rings is 2. The molecule has 106 valence electrons. The van der Waals surface area contributed by atoms with Crippen molar-refractivity contribution in [1.29, 1.82) is 0 Å². The van der Waals surface area contributed by atoms with Crippen molar-refractivity contribution in [1.82, 2.24) is 9.97 Å². The molecule has 0 atom stereocenters. The van der Waals surface area contributed by atoms with E-state index >= 15 is 0 Å². The van der Waals surface area contributed by atoms with E-state index in [1.165, 1.54) is 0 Å². The molecule has 1 heterocycles. The molecule has 0 aliphatic heterocycles. The van der Waals surface area contributed by atoms with Gasteiger partial charge >= 0.3 is 0 Å². The van der Waals surface area contributed by atoms with Gasteiger partial charge in [0.15, 0.2) is 0 Å². The van der Waals surface area contributed by atoms with Crippen molar-refractivity contribution in [2.24, 2.45) is 0 Å². The summed E-state index contributed by atoms with van der Waals surface area (Å²) in [6.45, 7) is 3.92. The zero-order chi connectivity index (χ0) is 14.8. The van der Waals surface area contributed by atoms with Gasteiger partial charge in [-0.1, -0.05) is 41.9 Å². The maximum absolute atomic E-state index is 5.97. The SMILES string of the molecule is Cc1nc(Oc2ccccc2C)c(-c2ccc(Cl)cc2)[nH]1. The van der Waals surface area contributed by atoms with Crippen LogP contribution in [0, 0.1) is 13.8 Å². The molecule has 1 aromatic heterocycles. The molecule has 0 aliphatic rings. The van der Waals surface area contributed by atoms with E-state index < -0.39 is 0 Å². The molecule has 1 N–H and O–H groups in total. The molecule has 0 amide bonds. The minimum atomic E-state index is 0.573. The Morgan fingerprint density at radius 2 is 1.71 bits per heavy atom. The highest BCUT2D eigenvalue weighted by Crippen LogP contribution is 2.32. The first-order chi connectivity index (χ1) is 10.1. The normalized spacial score (nSPS) is 10.6. The van der Waals surface area contributed by atoms with E-state index in [4.69, 9.17) is 16.3 Å². The third kappa shape index (κ3) is 2.93. The second-order valence-corrected chi connectivity index (χ2v) is 5.31.